The standard InChI is InChI=1S/C18H23N3O7S/c1-26-17(22)15-11-28-12-21(16(15)18(23)27-2)13-3-5-14(6-4-13)29(24,25)20-9-7-19-8-10-20/h3-6,19H,7-12H2,1-2H3. The molecule has 2 aliphatic heterocycles. The molecule has 0 atom stereocenters. The molecular formula is C18H23N3O7S. The Labute approximate surface area is 169 Å². The van der Waals surface area contributed by atoms with E-state index in [1.807, 2.05) is 0 Å². The van der Waals surface area contributed by atoms with Crippen molar-refractivity contribution in [2.45, 2.75) is 4.90 Å². The van der Waals surface area contributed by atoms with Gasteiger partial charge in [0.15, 0.2) is 0 Å². The van der Waals surface area contributed by atoms with Crippen molar-refractivity contribution in [2.24, 2.45) is 0 Å². The monoisotopic (exact) mass is 425 g/mol. The molecule has 0 radical (unpaired) electrons. The van der Waals surface area contributed by atoms with Gasteiger partial charge < -0.3 is 24.4 Å². The summed E-state index contributed by atoms with van der Waals surface area (Å²) in [4.78, 5) is 26.0. The largest absolute Gasteiger partial charge is 0.466 e. The molecule has 29 heavy (non-hydrogen) atoms. The number of sulfonamides is 1. The highest BCUT2D eigenvalue weighted by molar-refractivity contribution is 7.89. The average molecular weight is 425 g/mol. The number of methoxy groups -OCH3 is 2. The van der Waals surface area contributed by atoms with Gasteiger partial charge in [-0.05, 0) is 24.3 Å². The zero-order valence-corrected chi connectivity index (χ0v) is 17.0. The topological polar surface area (TPSA) is 114 Å². The fraction of sp³-hybridized carbons (Fsp3) is 0.444. The third-order valence-electron chi connectivity index (χ3n) is 4.70. The van der Waals surface area contributed by atoms with Gasteiger partial charge in [0, 0.05) is 31.9 Å². The van der Waals surface area contributed by atoms with Crippen LogP contribution >= 0.6 is 0 Å². The summed E-state index contributed by atoms with van der Waals surface area (Å²) in [5.41, 5.74) is 0.511. The van der Waals surface area contributed by atoms with E-state index in [-0.39, 0.29) is 29.5 Å². The molecule has 0 bridgehead atoms. The molecule has 0 saturated carbocycles. The van der Waals surface area contributed by atoms with Crippen LogP contribution in [0.4, 0.5) is 5.69 Å². The second-order valence-electron chi connectivity index (χ2n) is 6.36. The third kappa shape index (κ3) is 4.27. The van der Waals surface area contributed by atoms with Crippen molar-refractivity contribution >= 4 is 27.6 Å². The van der Waals surface area contributed by atoms with Crippen LogP contribution in [0, 0.1) is 0 Å². The van der Waals surface area contributed by atoms with Crippen molar-refractivity contribution in [3.8, 4) is 0 Å². The molecule has 0 amide bonds. The van der Waals surface area contributed by atoms with E-state index in [0.717, 1.165) is 0 Å². The maximum Gasteiger partial charge on any atom is 0.355 e. The number of nitrogens with one attached hydrogen (secondary N) is 1. The number of rotatable bonds is 5. The second-order valence-corrected chi connectivity index (χ2v) is 8.30. The highest BCUT2D eigenvalue weighted by atomic mass is 32.2. The molecule has 1 saturated heterocycles. The smallest absolute Gasteiger partial charge is 0.355 e. The van der Waals surface area contributed by atoms with Gasteiger partial charge in [0.2, 0.25) is 10.0 Å². The summed E-state index contributed by atoms with van der Waals surface area (Å²) >= 11 is 0. The third-order valence-corrected chi connectivity index (χ3v) is 6.61. The molecule has 11 heteroatoms. The normalized spacial score (nSPS) is 18.5. The van der Waals surface area contributed by atoms with Crippen LogP contribution in [-0.2, 0) is 33.8 Å². The van der Waals surface area contributed by atoms with Crippen LogP contribution in [-0.4, -0.2) is 78.4 Å². The zero-order chi connectivity index (χ0) is 21.0. The summed E-state index contributed by atoms with van der Waals surface area (Å²) in [7, 11) is -1.19. The Kier molecular flexibility index (Phi) is 6.52. The van der Waals surface area contributed by atoms with Crippen molar-refractivity contribution in [3.63, 3.8) is 0 Å². The predicted octanol–water partition coefficient (Wildman–Crippen LogP) is -0.325. The van der Waals surface area contributed by atoms with Crippen LogP contribution in [0.2, 0.25) is 0 Å². The Morgan fingerprint density at radius 2 is 1.66 bits per heavy atom. The van der Waals surface area contributed by atoms with E-state index in [2.05, 4.69) is 5.32 Å². The highest BCUT2D eigenvalue weighted by Crippen LogP contribution is 2.28. The lowest BCUT2D eigenvalue weighted by Gasteiger charge is -2.31. The Bertz CT molecular complexity index is 906. The SMILES string of the molecule is COC(=O)C1=C(C(=O)OC)N(c2ccc(S(=O)(=O)N3CCNCC3)cc2)COC1. The first-order chi connectivity index (χ1) is 13.9. The molecule has 1 aromatic rings. The number of piperazine rings is 1. The minimum atomic E-state index is -3.61. The Balaban J connectivity index is 1.93. The zero-order valence-electron chi connectivity index (χ0n) is 16.2. The quantitative estimate of drug-likeness (QED) is 0.634. The molecule has 1 N–H and O–H groups in total. The predicted molar refractivity (Wildman–Crippen MR) is 102 cm³/mol. The van der Waals surface area contributed by atoms with E-state index in [1.165, 1.54) is 35.6 Å². The Morgan fingerprint density at radius 3 is 2.24 bits per heavy atom. The summed E-state index contributed by atoms with van der Waals surface area (Å²) in [6, 6.07) is 6.05. The van der Waals surface area contributed by atoms with Gasteiger partial charge in [-0.3, -0.25) is 0 Å². The van der Waals surface area contributed by atoms with Crippen molar-refractivity contribution < 1.29 is 32.2 Å². The summed E-state index contributed by atoms with van der Waals surface area (Å²) in [5, 5.41) is 3.12. The fourth-order valence-corrected chi connectivity index (χ4v) is 4.62. The Morgan fingerprint density at radius 1 is 1.03 bits per heavy atom. The number of carbonyl (C=O) groups excluding carboxylic acids is 2. The maximum absolute atomic E-state index is 12.8. The number of benzene rings is 1. The number of ether oxygens (including phenoxy) is 3. The number of hydrogen-bond acceptors (Lipinski definition) is 9. The van der Waals surface area contributed by atoms with Gasteiger partial charge in [-0.2, -0.15) is 4.31 Å². The van der Waals surface area contributed by atoms with Gasteiger partial charge in [-0.1, -0.05) is 0 Å². The Hall–Kier alpha value is -2.47. The van der Waals surface area contributed by atoms with Crippen LogP contribution in [0.1, 0.15) is 0 Å². The van der Waals surface area contributed by atoms with Gasteiger partial charge in [0.1, 0.15) is 12.4 Å². The van der Waals surface area contributed by atoms with Gasteiger partial charge in [-0.15, -0.1) is 0 Å². The molecule has 1 aromatic carbocycles. The van der Waals surface area contributed by atoms with Crippen LogP contribution in [0.3, 0.4) is 0 Å². The van der Waals surface area contributed by atoms with Crippen LogP contribution in [0.5, 0.6) is 0 Å². The molecule has 0 aliphatic carbocycles. The second kappa shape index (κ2) is 8.91. The van der Waals surface area contributed by atoms with Gasteiger partial charge >= 0.3 is 11.9 Å². The van der Waals surface area contributed by atoms with Crippen molar-refractivity contribution in [1.29, 1.82) is 0 Å². The molecule has 2 aliphatic rings. The number of esters is 2. The molecule has 0 aromatic heterocycles. The minimum Gasteiger partial charge on any atom is -0.466 e. The molecule has 158 valence electrons. The molecule has 1 fully saturated rings. The van der Waals surface area contributed by atoms with Crippen LogP contribution in [0.25, 0.3) is 0 Å². The van der Waals surface area contributed by atoms with E-state index >= 15 is 0 Å². The van der Waals surface area contributed by atoms with E-state index in [0.29, 0.717) is 31.9 Å². The molecule has 0 unspecified atom stereocenters. The lowest BCUT2D eigenvalue weighted by Crippen LogP contribution is -2.46. The summed E-state index contributed by atoms with van der Waals surface area (Å²) in [5.74, 6) is -1.42. The van der Waals surface area contributed by atoms with E-state index in [4.69, 9.17) is 14.2 Å². The molecule has 2 heterocycles. The molecule has 3 rings (SSSR count). The lowest BCUT2D eigenvalue weighted by atomic mass is 10.1. The lowest BCUT2D eigenvalue weighted by molar-refractivity contribution is -0.140. The van der Waals surface area contributed by atoms with Gasteiger partial charge in [-0.25, -0.2) is 18.0 Å². The molecule has 0 spiro atoms. The van der Waals surface area contributed by atoms with Crippen LogP contribution < -0.4 is 10.2 Å². The highest BCUT2D eigenvalue weighted by Gasteiger charge is 2.33. The number of carbonyl (C=O) groups is 2. The number of anilines is 1. The van der Waals surface area contributed by atoms with Gasteiger partial charge in [0.25, 0.3) is 0 Å². The maximum atomic E-state index is 12.8. The first kappa shape index (κ1) is 21.2. The van der Waals surface area contributed by atoms with E-state index < -0.39 is 22.0 Å². The summed E-state index contributed by atoms with van der Waals surface area (Å²) < 4.78 is 42.0. The number of nitrogens with zero attached hydrogens (tertiary/aromatic N) is 2. The van der Waals surface area contributed by atoms with Crippen molar-refractivity contribution in [1.82, 2.24) is 9.62 Å². The van der Waals surface area contributed by atoms with E-state index in [9.17, 15) is 18.0 Å². The minimum absolute atomic E-state index is 0.00307. The molecule has 10 nitrogen and oxygen atoms in total. The van der Waals surface area contributed by atoms with Crippen LogP contribution in [0.15, 0.2) is 40.4 Å². The average Bonchev–Trinajstić information content (AvgIpc) is 2.78. The first-order valence-corrected chi connectivity index (χ1v) is 10.4. The summed E-state index contributed by atoms with van der Waals surface area (Å²) in [6.45, 7) is 1.92. The van der Waals surface area contributed by atoms with Gasteiger partial charge in [0.05, 0.1) is 31.3 Å². The summed E-state index contributed by atoms with van der Waals surface area (Å²) in [6.07, 6.45) is 0. The van der Waals surface area contributed by atoms with E-state index in [1.54, 1.807) is 12.1 Å². The van der Waals surface area contributed by atoms with Crippen molar-refractivity contribution in [3.05, 3.63) is 35.5 Å². The first-order valence-electron chi connectivity index (χ1n) is 8.96. The van der Waals surface area contributed by atoms with Crippen molar-refractivity contribution in [2.75, 3.05) is 58.6 Å². The molecular weight excluding hydrogens is 402 g/mol. The fourth-order valence-electron chi connectivity index (χ4n) is 3.18. The number of hydrogen-bond donors (Lipinski definition) is 1.